The second-order valence-corrected chi connectivity index (χ2v) is 6.88. The second-order valence-electron chi connectivity index (χ2n) is 6.88. The Morgan fingerprint density at radius 1 is 1.03 bits per heavy atom. The molecule has 3 aromatic carbocycles. The van der Waals surface area contributed by atoms with Crippen LogP contribution < -0.4 is 10.1 Å². The highest BCUT2D eigenvalue weighted by atomic mass is 19.1. The molecule has 0 aliphatic heterocycles. The molecule has 0 bridgehead atoms. The maximum atomic E-state index is 13.4. The summed E-state index contributed by atoms with van der Waals surface area (Å²) in [5, 5.41) is 7.26. The molecular formula is C24H21FN4O2. The summed E-state index contributed by atoms with van der Waals surface area (Å²) in [5.41, 5.74) is 3.00. The van der Waals surface area contributed by atoms with E-state index in [9.17, 15) is 9.18 Å². The summed E-state index contributed by atoms with van der Waals surface area (Å²) in [6.45, 7) is 4.42. The highest BCUT2D eigenvalue weighted by molar-refractivity contribution is 6.01. The topological polar surface area (TPSA) is 69.0 Å². The van der Waals surface area contributed by atoms with Gasteiger partial charge in [-0.2, -0.15) is 0 Å². The van der Waals surface area contributed by atoms with E-state index in [1.807, 2.05) is 38.1 Å². The molecule has 0 saturated carbocycles. The molecule has 1 aromatic heterocycles. The van der Waals surface area contributed by atoms with Crippen molar-refractivity contribution in [2.75, 3.05) is 11.9 Å². The van der Waals surface area contributed by atoms with E-state index in [-0.39, 0.29) is 11.6 Å². The van der Waals surface area contributed by atoms with Gasteiger partial charge in [0, 0.05) is 11.3 Å². The van der Waals surface area contributed by atoms with E-state index in [0.717, 1.165) is 17.0 Å². The Kier molecular flexibility index (Phi) is 5.75. The zero-order chi connectivity index (χ0) is 21.8. The number of aromatic nitrogens is 3. The SMILES string of the molecule is CCOc1ccc(NC(=O)c2nc(-c3ccc(F)cc3)n(-c3ccccc3C)n2)cc1. The number of hydrogen-bond acceptors (Lipinski definition) is 4. The number of anilines is 1. The molecule has 0 aliphatic carbocycles. The fourth-order valence-corrected chi connectivity index (χ4v) is 3.15. The largest absolute Gasteiger partial charge is 0.494 e. The highest BCUT2D eigenvalue weighted by Crippen LogP contribution is 2.24. The smallest absolute Gasteiger partial charge is 0.295 e. The van der Waals surface area contributed by atoms with Crippen LogP contribution in [0.3, 0.4) is 0 Å². The van der Waals surface area contributed by atoms with Crippen LogP contribution in [0.15, 0.2) is 72.8 Å². The summed E-state index contributed by atoms with van der Waals surface area (Å²) in [6, 6.07) is 20.7. The molecule has 0 fully saturated rings. The van der Waals surface area contributed by atoms with Gasteiger partial charge in [0.15, 0.2) is 5.82 Å². The minimum absolute atomic E-state index is 0.0106. The van der Waals surface area contributed by atoms with Crippen LogP contribution in [0.25, 0.3) is 17.1 Å². The van der Waals surface area contributed by atoms with Gasteiger partial charge in [-0.3, -0.25) is 4.79 Å². The van der Waals surface area contributed by atoms with Gasteiger partial charge < -0.3 is 10.1 Å². The molecule has 0 atom stereocenters. The van der Waals surface area contributed by atoms with Crippen molar-refractivity contribution < 1.29 is 13.9 Å². The van der Waals surface area contributed by atoms with Crippen molar-refractivity contribution in [1.29, 1.82) is 0 Å². The van der Waals surface area contributed by atoms with Gasteiger partial charge in [0.25, 0.3) is 5.91 Å². The molecule has 0 saturated heterocycles. The van der Waals surface area contributed by atoms with E-state index in [1.54, 1.807) is 41.1 Å². The number of carbonyl (C=O) groups excluding carboxylic acids is 1. The molecule has 0 spiro atoms. The third kappa shape index (κ3) is 4.45. The van der Waals surface area contributed by atoms with E-state index in [4.69, 9.17) is 4.74 Å². The lowest BCUT2D eigenvalue weighted by molar-refractivity contribution is 0.101. The van der Waals surface area contributed by atoms with Gasteiger partial charge in [0.2, 0.25) is 5.82 Å². The van der Waals surface area contributed by atoms with Gasteiger partial charge in [-0.1, -0.05) is 18.2 Å². The third-order valence-corrected chi connectivity index (χ3v) is 4.68. The minimum atomic E-state index is -0.445. The van der Waals surface area contributed by atoms with Crippen molar-refractivity contribution in [3.63, 3.8) is 0 Å². The Morgan fingerprint density at radius 2 is 1.74 bits per heavy atom. The Hall–Kier alpha value is -4.00. The first kappa shape index (κ1) is 20.3. The van der Waals surface area contributed by atoms with Crippen LogP contribution in [-0.4, -0.2) is 27.3 Å². The number of nitrogens with zero attached hydrogens (tertiary/aromatic N) is 3. The van der Waals surface area contributed by atoms with Crippen molar-refractivity contribution in [1.82, 2.24) is 14.8 Å². The summed E-state index contributed by atoms with van der Waals surface area (Å²) in [4.78, 5) is 17.3. The van der Waals surface area contributed by atoms with Crippen molar-refractivity contribution >= 4 is 11.6 Å². The van der Waals surface area contributed by atoms with E-state index in [0.29, 0.717) is 23.7 Å². The number of nitrogens with one attached hydrogen (secondary N) is 1. The first-order valence-electron chi connectivity index (χ1n) is 9.88. The summed E-state index contributed by atoms with van der Waals surface area (Å²) < 4.78 is 20.5. The number of aryl methyl sites for hydroxylation is 1. The minimum Gasteiger partial charge on any atom is -0.494 e. The van der Waals surface area contributed by atoms with E-state index < -0.39 is 5.91 Å². The average molecular weight is 416 g/mol. The maximum Gasteiger partial charge on any atom is 0.295 e. The van der Waals surface area contributed by atoms with Crippen molar-refractivity contribution in [2.45, 2.75) is 13.8 Å². The number of hydrogen-bond donors (Lipinski definition) is 1. The number of carbonyl (C=O) groups is 1. The molecule has 1 N–H and O–H groups in total. The number of halogens is 1. The molecule has 1 heterocycles. The number of benzene rings is 3. The fourth-order valence-electron chi connectivity index (χ4n) is 3.15. The van der Waals surface area contributed by atoms with Gasteiger partial charge in [-0.15, -0.1) is 5.10 Å². The number of para-hydroxylation sites is 1. The lowest BCUT2D eigenvalue weighted by Gasteiger charge is -2.08. The average Bonchev–Trinajstić information content (AvgIpc) is 3.21. The van der Waals surface area contributed by atoms with Crippen LogP contribution in [0.2, 0.25) is 0 Å². The summed E-state index contributed by atoms with van der Waals surface area (Å²) in [7, 11) is 0. The molecule has 7 heteroatoms. The van der Waals surface area contributed by atoms with Gasteiger partial charge in [0.05, 0.1) is 12.3 Å². The van der Waals surface area contributed by atoms with Gasteiger partial charge in [0.1, 0.15) is 11.6 Å². The Morgan fingerprint density at radius 3 is 2.42 bits per heavy atom. The van der Waals surface area contributed by atoms with Crippen LogP contribution in [0.4, 0.5) is 10.1 Å². The monoisotopic (exact) mass is 416 g/mol. The summed E-state index contributed by atoms with van der Waals surface area (Å²) in [5.74, 6) is 0.391. The Balaban J connectivity index is 1.69. The summed E-state index contributed by atoms with van der Waals surface area (Å²) in [6.07, 6.45) is 0. The quantitative estimate of drug-likeness (QED) is 0.479. The van der Waals surface area contributed by atoms with Crippen molar-refractivity contribution in [3.05, 3.63) is 90.0 Å². The molecular weight excluding hydrogens is 395 g/mol. The first-order valence-corrected chi connectivity index (χ1v) is 9.88. The lowest BCUT2D eigenvalue weighted by Crippen LogP contribution is -2.14. The van der Waals surface area contributed by atoms with Crippen molar-refractivity contribution in [2.24, 2.45) is 0 Å². The lowest BCUT2D eigenvalue weighted by atomic mass is 10.1. The van der Waals surface area contributed by atoms with Gasteiger partial charge in [-0.05, 0) is 74.0 Å². The van der Waals surface area contributed by atoms with Crippen LogP contribution in [0.5, 0.6) is 5.75 Å². The molecule has 1 amide bonds. The Labute approximate surface area is 179 Å². The molecule has 156 valence electrons. The number of amides is 1. The van der Waals surface area contributed by atoms with Crippen LogP contribution in [0.1, 0.15) is 23.1 Å². The number of rotatable bonds is 6. The van der Waals surface area contributed by atoms with Gasteiger partial charge >= 0.3 is 0 Å². The predicted molar refractivity (Wildman–Crippen MR) is 117 cm³/mol. The van der Waals surface area contributed by atoms with Gasteiger partial charge in [-0.25, -0.2) is 14.1 Å². The molecule has 0 aliphatic rings. The third-order valence-electron chi connectivity index (χ3n) is 4.68. The second kappa shape index (κ2) is 8.79. The zero-order valence-corrected chi connectivity index (χ0v) is 17.2. The molecule has 0 radical (unpaired) electrons. The Bertz CT molecular complexity index is 1200. The van der Waals surface area contributed by atoms with E-state index >= 15 is 0 Å². The van der Waals surface area contributed by atoms with E-state index in [2.05, 4.69) is 15.4 Å². The van der Waals surface area contributed by atoms with Crippen molar-refractivity contribution in [3.8, 4) is 22.8 Å². The van der Waals surface area contributed by atoms with E-state index in [1.165, 1.54) is 12.1 Å². The van der Waals surface area contributed by atoms with Crippen LogP contribution in [-0.2, 0) is 0 Å². The molecule has 0 unspecified atom stereocenters. The standard InChI is InChI=1S/C24H21FN4O2/c1-3-31-20-14-12-19(13-15-20)26-24(30)22-27-23(17-8-10-18(25)11-9-17)29(28-22)21-7-5-4-6-16(21)2/h4-15H,3H2,1-2H3,(H,26,30). The molecule has 4 rings (SSSR count). The molecule has 4 aromatic rings. The zero-order valence-electron chi connectivity index (χ0n) is 17.2. The highest BCUT2D eigenvalue weighted by Gasteiger charge is 2.20. The van der Waals surface area contributed by atoms with Crippen LogP contribution in [0, 0.1) is 12.7 Å². The fraction of sp³-hybridized carbons (Fsp3) is 0.125. The summed E-state index contributed by atoms with van der Waals surface area (Å²) >= 11 is 0. The molecule has 6 nitrogen and oxygen atoms in total. The maximum absolute atomic E-state index is 13.4. The predicted octanol–water partition coefficient (Wildman–Crippen LogP) is 5.03. The molecule has 31 heavy (non-hydrogen) atoms. The number of ether oxygens (including phenoxy) is 1. The van der Waals surface area contributed by atoms with Crippen LogP contribution >= 0.6 is 0 Å². The first-order chi connectivity index (χ1) is 15.0. The normalized spacial score (nSPS) is 10.7.